The van der Waals surface area contributed by atoms with Crippen molar-refractivity contribution in [2.24, 2.45) is 5.10 Å². The van der Waals surface area contributed by atoms with Crippen LogP contribution in [0.1, 0.15) is 22.8 Å². The topological polar surface area (TPSA) is 99.1 Å². The number of nitrogens with zero attached hydrogens (tertiary/aromatic N) is 2. The van der Waals surface area contributed by atoms with Crippen LogP contribution in [-0.2, 0) is 10.0 Å². The van der Waals surface area contributed by atoms with Crippen molar-refractivity contribution in [3.05, 3.63) is 90.0 Å². The maximum atomic E-state index is 12.7. The predicted octanol–water partition coefficient (Wildman–Crippen LogP) is 3.37. The highest BCUT2D eigenvalue weighted by atomic mass is 32.2. The lowest BCUT2D eigenvalue weighted by atomic mass is 10.1. The number of hydrazone groups is 1. The third-order valence-electron chi connectivity index (χ3n) is 4.51. The zero-order valence-electron chi connectivity index (χ0n) is 16.5. The smallest absolute Gasteiger partial charge is 0.271 e. The second-order valence-corrected chi connectivity index (χ2v) is 8.46. The number of sulfonamides is 1. The van der Waals surface area contributed by atoms with Gasteiger partial charge in [0.1, 0.15) is 5.75 Å². The van der Waals surface area contributed by atoms with E-state index >= 15 is 0 Å². The van der Waals surface area contributed by atoms with Gasteiger partial charge in [0.2, 0.25) is 0 Å². The molecule has 1 amide bonds. The van der Waals surface area contributed by atoms with Gasteiger partial charge in [0.05, 0.1) is 16.3 Å². The number of hydrogen-bond acceptors (Lipinski definition) is 5. The summed E-state index contributed by atoms with van der Waals surface area (Å²) in [5, 5.41) is 13.9. The second kappa shape index (κ2) is 8.79. The third kappa shape index (κ3) is 4.49. The van der Waals surface area contributed by atoms with E-state index in [2.05, 4.69) is 10.5 Å². The molecule has 30 heavy (non-hydrogen) atoms. The van der Waals surface area contributed by atoms with E-state index in [-0.39, 0.29) is 10.6 Å². The standard InChI is InChI=1S/C22H21N3O4S/c1-16(20-10-6-7-11-21(20)26)23-24-22(27)17-12-14-18(15-13-17)25(2)30(28,29)19-8-4-3-5-9-19/h3-15,26H,1-2H3,(H,24,27). The minimum absolute atomic E-state index is 0.0695. The summed E-state index contributed by atoms with van der Waals surface area (Å²) in [5.41, 5.74) is 4.14. The highest BCUT2D eigenvalue weighted by molar-refractivity contribution is 7.92. The summed E-state index contributed by atoms with van der Waals surface area (Å²) < 4.78 is 26.6. The molecule has 0 fully saturated rings. The average molecular weight is 423 g/mol. The molecule has 0 spiro atoms. The van der Waals surface area contributed by atoms with Gasteiger partial charge in [0.15, 0.2) is 0 Å². The van der Waals surface area contributed by atoms with Crippen LogP contribution < -0.4 is 9.73 Å². The average Bonchev–Trinajstić information content (AvgIpc) is 2.77. The fourth-order valence-electron chi connectivity index (χ4n) is 2.75. The molecule has 2 N–H and O–H groups in total. The fourth-order valence-corrected chi connectivity index (χ4v) is 3.97. The zero-order chi connectivity index (χ0) is 21.7. The van der Waals surface area contributed by atoms with Gasteiger partial charge in [-0.15, -0.1) is 0 Å². The minimum Gasteiger partial charge on any atom is -0.507 e. The van der Waals surface area contributed by atoms with Crippen molar-refractivity contribution in [3.63, 3.8) is 0 Å². The van der Waals surface area contributed by atoms with Crippen molar-refractivity contribution in [3.8, 4) is 5.75 Å². The van der Waals surface area contributed by atoms with E-state index in [4.69, 9.17) is 0 Å². The monoisotopic (exact) mass is 423 g/mol. The molecule has 3 aromatic rings. The van der Waals surface area contributed by atoms with Crippen molar-refractivity contribution in [1.29, 1.82) is 0 Å². The van der Waals surface area contributed by atoms with Crippen LogP contribution in [0.15, 0.2) is 88.9 Å². The largest absolute Gasteiger partial charge is 0.507 e. The molecule has 0 saturated carbocycles. The number of rotatable bonds is 6. The molecule has 0 unspecified atom stereocenters. The summed E-state index contributed by atoms with van der Waals surface area (Å²) in [6.07, 6.45) is 0. The molecule has 0 saturated heterocycles. The van der Waals surface area contributed by atoms with Gasteiger partial charge in [-0.3, -0.25) is 9.10 Å². The Bertz CT molecular complexity index is 1170. The normalized spacial score (nSPS) is 11.7. The van der Waals surface area contributed by atoms with Crippen LogP contribution in [0.3, 0.4) is 0 Å². The van der Waals surface area contributed by atoms with Crippen molar-refractivity contribution >= 4 is 27.3 Å². The summed E-state index contributed by atoms with van der Waals surface area (Å²) in [4.78, 5) is 12.5. The highest BCUT2D eigenvalue weighted by Gasteiger charge is 2.21. The van der Waals surface area contributed by atoms with Gasteiger partial charge < -0.3 is 5.11 Å². The van der Waals surface area contributed by atoms with Crippen molar-refractivity contribution in [1.82, 2.24) is 5.43 Å². The lowest BCUT2D eigenvalue weighted by Gasteiger charge is -2.19. The van der Waals surface area contributed by atoms with E-state index in [1.165, 1.54) is 37.4 Å². The first-order valence-electron chi connectivity index (χ1n) is 9.08. The summed E-state index contributed by atoms with van der Waals surface area (Å²) in [5.74, 6) is -0.384. The molecule has 154 valence electrons. The fraction of sp³-hybridized carbons (Fsp3) is 0.0909. The lowest BCUT2D eigenvalue weighted by Crippen LogP contribution is -2.26. The van der Waals surface area contributed by atoms with E-state index in [0.29, 0.717) is 22.5 Å². The first-order valence-corrected chi connectivity index (χ1v) is 10.5. The number of carbonyl (C=O) groups is 1. The Morgan fingerprint density at radius 3 is 2.17 bits per heavy atom. The molecule has 3 aromatic carbocycles. The number of nitrogens with one attached hydrogen (secondary N) is 1. The Morgan fingerprint density at radius 2 is 1.53 bits per heavy atom. The number of amides is 1. The maximum Gasteiger partial charge on any atom is 0.271 e. The van der Waals surface area contributed by atoms with Crippen molar-refractivity contribution < 1.29 is 18.3 Å². The molecule has 0 atom stereocenters. The zero-order valence-corrected chi connectivity index (χ0v) is 17.3. The predicted molar refractivity (Wildman–Crippen MR) is 116 cm³/mol. The van der Waals surface area contributed by atoms with E-state index < -0.39 is 15.9 Å². The first-order chi connectivity index (χ1) is 14.3. The van der Waals surface area contributed by atoms with Crippen molar-refractivity contribution in [2.45, 2.75) is 11.8 Å². The summed E-state index contributed by atoms with van der Waals surface area (Å²) in [6.45, 7) is 1.67. The molecule has 3 rings (SSSR count). The van der Waals surface area contributed by atoms with Crippen LogP contribution in [0.4, 0.5) is 5.69 Å². The second-order valence-electron chi connectivity index (χ2n) is 6.49. The third-order valence-corrected chi connectivity index (χ3v) is 6.31. The van der Waals surface area contributed by atoms with Gasteiger partial charge in [-0.1, -0.05) is 30.3 Å². The van der Waals surface area contributed by atoms with Crippen LogP contribution >= 0.6 is 0 Å². The minimum atomic E-state index is -3.69. The number of benzene rings is 3. The van der Waals surface area contributed by atoms with Gasteiger partial charge in [-0.25, -0.2) is 13.8 Å². The first kappa shape index (κ1) is 21.1. The Hall–Kier alpha value is -3.65. The maximum absolute atomic E-state index is 12.7. The van der Waals surface area contributed by atoms with Gasteiger partial charge in [0.25, 0.3) is 15.9 Å². The van der Waals surface area contributed by atoms with Crippen LogP contribution in [-0.4, -0.2) is 32.2 Å². The molecule has 0 aliphatic carbocycles. The summed E-state index contributed by atoms with van der Waals surface area (Å²) in [6, 6.07) is 20.9. The molecular formula is C22H21N3O4S. The molecular weight excluding hydrogens is 402 g/mol. The number of para-hydroxylation sites is 1. The van der Waals surface area contributed by atoms with Crippen LogP contribution in [0.2, 0.25) is 0 Å². The SMILES string of the molecule is CC(=NNC(=O)c1ccc(N(C)S(=O)(=O)c2ccccc2)cc1)c1ccccc1O. The van der Waals surface area contributed by atoms with Gasteiger partial charge >= 0.3 is 0 Å². The summed E-state index contributed by atoms with van der Waals surface area (Å²) in [7, 11) is -2.24. The summed E-state index contributed by atoms with van der Waals surface area (Å²) >= 11 is 0. The van der Waals surface area contributed by atoms with Crippen LogP contribution in [0.5, 0.6) is 5.75 Å². The van der Waals surface area contributed by atoms with Crippen LogP contribution in [0.25, 0.3) is 0 Å². The molecule has 0 radical (unpaired) electrons. The number of anilines is 1. The van der Waals surface area contributed by atoms with Gasteiger partial charge in [-0.2, -0.15) is 5.10 Å². The van der Waals surface area contributed by atoms with E-state index in [9.17, 15) is 18.3 Å². The van der Waals surface area contributed by atoms with Crippen LogP contribution in [0, 0.1) is 0 Å². The number of phenolic OH excluding ortho intramolecular Hbond substituents is 1. The molecule has 0 heterocycles. The molecule has 0 bridgehead atoms. The number of hydrogen-bond donors (Lipinski definition) is 2. The highest BCUT2D eigenvalue weighted by Crippen LogP contribution is 2.22. The van der Waals surface area contributed by atoms with E-state index in [0.717, 1.165) is 4.31 Å². The lowest BCUT2D eigenvalue weighted by molar-refractivity contribution is 0.0955. The van der Waals surface area contributed by atoms with Gasteiger partial charge in [0, 0.05) is 18.2 Å². The molecule has 0 aliphatic rings. The van der Waals surface area contributed by atoms with E-state index in [1.807, 2.05) is 0 Å². The molecule has 8 heteroatoms. The molecule has 7 nitrogen and oxygen atoms in total. The quantitative estimate of drug-likeness (QED) is 0.469. The Labute approximate surface area is 175 Å². The molecule has 0 aliphatic heterocycles. The Morgan fingerprint density at radius 1 is 0.933 bits per heavy atom. The van der Waals surface area contributed by atoms with E-state index in [1.54, 1.807) is 55.5 Å². The number of aromatic hydroxyl groups is 1. The number of phenols is 1. The van der Waals surface area contributed by atoms with Gasteiger partial charge in [-0.05, 0) is 55.5 Å². The molecule has 0 aromatic heterocycles. The Kier molecular flexibility index (Phi) is 6.17. The Balaban J connectivity index is 1.73. The number of carbonyl (C=O) groups excluding carboxylic acids is 1. The van der Waals surface area contributed by atoms with Crippen molar-refractivity contribution in [2.75, 3.05) is 11.4 Å².